The first kappa shape index (κ1) is 10.6. The summed E-state index contributed by atoms with van der Waals surface area (Å²) in [6.07, 6.45) is 7.12. The lowest BCUT2D eigenvalue weighted by atomic mass is 10.2. The van der Waals surface area contributed by atoms with Crippen molar-refractivity contribution in [3.63, 3.8) is 0 Å². The van der Waals surface area contributed by atoms with Gasteiger partial charge in [-0.05, 0) is 37.4 Å². The van der Waals surface area contributed by atoms with Crippen LogP contribution in [0.15, 0.2) is 24.5 Å². The minimum Gasteiger partial charge on any atom is -0.395 e. The molecule has 0 aliphatic carbocycles. The zero-order valence-corrected chi connectivity index (χ0v) is 8.97. The van der Waals surface area contributed by atoms with Crippen LogP contribution in [0.2, 0.25) is 0 Å². The number of nitrogens with zero attached hydrogens (tertiary/aromatic N) is 2. The molecule has 0 aromatic carbocycles. The molecule has 0 amide bonds. The Morgan fingerprint density at radius 1 is 1.53 bits per heavy atom. The van der Waals surface area contributed by atoms with Crippen LogP contribution in [0.4, 0.5) is 0 Å². The number of aliphatic hydroxyl groups excluding tert-OH is 1. The molecule has 1 aliphatic heterocycles. The van der Waals surface area contributed by atoms with E-state index in [9.17, 15) is 5.11 Å². The van der Waals surface area contributed by atoms with Crippen LogP contribution in [0.5, 0.6) is 0 Å². The Hall–Kier alpha value is -0.930. The van der Waals surface area contributed by atoms with Gasteiger partial charge in [0.2, 0.25) is 0 Å². The average molecular weight is 206 g/mol. The summed E-state index contributed by atoms with van der Waals surface area (Å²) in [5.41, 5.74) is 1.28. The van der Waals surface area contributed by atoms with Gasteiger partial charge in [0.05, 0.1) is 6.61 Å². The highest BCUT2D eigenvalue weighted by molar-refractivity contribution is 5.08. The van der Waals surface area contributed by atoms with Crippen LogP contribution in [-0.4, -0.2) is 40.7 Å². The number of likely N-dealkylation sites (tertiary alicyclic amines) is 1. The molecular weight excluding hydrogens is 188 g/mol. The first-order valence-electron chi connectivity index (χ1n) is 5.64. The van der Waals surface area contributed by atoms with Crippen LogP contribution in [-0.2, 0) is 6.42 Å². The van der Waals surface area contributed by atoms with Crippen molar-refractivity contribution in [1.29, 1.82) is 0 Å². The maximum absolute atomic E-state index is 9.18. The maximum atomic E-state index is 9.18. The van der Waals surface area contributed by atoms with Crippen molar-refractivity contribution in [3.8, 4) is 0 Å². The number of pyridine rings is 1. The minimum atomic E-state index is 0.299. The molecule has 1 aliphatic rings. The standard InChI is InChI=1S/C12H18N2O/c15-10-12-4-2-7-14(12)8-5-11-3-1-6-13-9-11/h1,3,6,9,12,15H,2,4-5,7-8,10H2/t12-/m0/s1. The monoisotopic (exact) mass is 206 g/mol. The SMILES string of the molecule is OC[C@@H]1CCCN1CCc1cccnc1. The number of aromatic nitrogens is 1. The Labute approximate surface area is 90.8 Å². The third-order valence-corrected chi connectivity index (χ3v) is 3.12. The predicted octanol–water partition coefficient (Wildman–Crippen LogP) is 1.08. The summed E-state index contributed by atoms with van der Waals surface area (Å²) in [6.45, 7) is 2.47. The number of aliphatic hydroxyl groups is 1. The summed E-state index contributed by atoms with van der Waals surface area (Å²) in [7, 11) is 0. The van der Waals surface area contributed by atoms with Crippen molar-refractivity contribution in [2.45, 2.75) is 25.3 Å². The van der Waals surface area contributed by atoms with Crippen LogP contribution >= 0.6 is 0 Å². The molecule has 1 aromatic heterocycles. The molecule has 3 nitrogen and oxygen atoms in total. The van der Waals surface area contributed by atoms with Gasteiger partial charge in [0.25, 0.3) is 0 Å². The normalized spacial score (nSPS) is 22.1. The van der Waals surface area contributed by atoms with E-state index in [1.54, 1.807) is 6.20 Å². The van der Waals surface area contributed by atoms with E-state index in [-0.39, 0.29) is 0 Å². The number of rotatable bonds is 4. The summed E-state index contributed by atoms with van der Waals surface area (Å²) in [5.74, 6) is 0. The highest BCUT2D eigenvalue weighted by Crippen LogP contribution is 2.16. The Morgan fingerprint density at radius 2 is 2.47 bits per heavy atom. The van der Waals surface area contributed by atoms with E-state index in [4.69, 9.17) is 0 Å². The van der Waals surface area contributed by atoms with Gasteiger partial charge in [0, 0.05) is 25.0 Å². The van der Waals surface area contributed by atoms with E-state index in [1.165, 1.54) is 12.0 Å². The Kier molecular flexibility index (Phi) is 3.69. The summed E-state index contributed by atoms with van der Waals surface area (Å²) < 4.78 is 0. The second-order valence-corrected chi connectivity index (χ2v) is 4.13. The molecule has 2 heterocycles. The van der Waals surface area contributed by atoms with Crippen molar-refractivity contribution in [3.05, 3.63) is 30.1 Å². The fraction of sp³-hybridized carbons (Fsp3) is 0.583. The molecule has 1 atom stereocenters. The summed E-state index contributed by atoms with van der Waals surface area (Å²) in [6, 6.07) is 4.47. The molecule has 0 unspecified atom stereocenters. The van der Waals surface area contributed by atoms with Crippen molar-refractivity contribution >= 4 is 0 Å². The van der Waals surface area contributed by atoms with Gasteiger partial charge >= 0.3 is 0 Å². The van der Waals surface area contributed by atoms with Crippen LogP contribution in [0.3, 0.4) is 0 Å². The van der Waals surface area contributed by atoms with E-state index < -0.39 is 0 Å². The summed E-state index contributed by atoms with van der Waals surface area (Å²) >= 11 is 0. The third-order valence-electron chi connectivity index (χ3n) is 3.12. The van der Waals surface area contributed by atoms with E-state index >= 15 is 0 Å². The lowest BCUT2D eigenvalue weighted by molar-refractivity contribution is 0.160. The Morgan fingerprint density at radius 3 is 3.20 bits per heavy atom. The highest BCUT2D eigenvalue weighted by atomic mass is 16.3. The van der Waals surface area contributed by atoms with Gasteiger partial charge in [-0.15, -0.1) is 0 Å². The van der Waals surface area contributed by atoms with Gasteiger partial charge in [0.1, 0.15) is 0 Å². The zero-order valence-electron chi connectivity index (χ0n) is 8.97. The van der Waals surface area contributed by atoms with E-state index in [2.05, 4.69) is 16.0 Å². The lowest BCUT2D eigenvalue weighted by Crippen LogP contribution is -2.33. The van der Waals surface area contributed by atoms with Crippen molar-refractivity contribution < 1.29 is 5.11 Å². The molecule has 0 bridgehead atoms. The minimum absolute atomic E-state index is 0.299. The topological polar surface area (TPSA) is 36.4 Å². The fourth-order valence-electron chi connectivity index (χ4n) is 2.21. The van der Waals surface area contributed by atoms with Crippen LogP contribution < -0.4 is 0 Å². The maximum Gasteiger partial charge on any atom is 0.0586 e. The molecule has 0 radical (unpaired) electrons. The number of hydrogen-bond donors (Lipinski definition) is 1. The predicted molar refractivity (Wildman–Crippen MR) is 59.6 cm³/mol. The number of hydrogen-bond acceptors (Lipinski definition) is 3. The molecule has 1 N–H and O–H groups in total. The largest absolute Gasteiger partial charge is 0.395 e. The van der Waals surface area contributed by atoms with Gasteiger partial charge in [-0.1, -0.05) is 6.07 Å². The summed E-state index contributed by atoms with van der Waals surface area (Å²) in [5, 5.41) is 9.18. The second-order valence-electron chi connectivity index (χ2n) is 4.13. The first-order chi connectivity index (χ1) is 7.40. The Bertz CT molecular complexity index is 289. The van der Waals surface area contributed by atoms with Crippen LogP contribution in [0.1, 0.15) is 18.4 Å². The molecule has 15 heavy (non-hydrogen) atoms. The van der Waals surface area contributed by atoms with Crippen molar-refractivity contribution in [1.82, 2.24) is 9.88 Å². The zero-order chi connectivity index (χ0) is 10.5. The van der Waals surface area contributed by atoms with Gasteiger partial charge < -0.3 is 5.11 Å². The lowest BCUT2D eigenvalue weighted by Gasteiger charge is -2.22. The smallest absolute Gasteiger partial charge is 0.0586 e. The fourth-order valence-corrected chi connectivity index (χ4v) is 2.21. The van der Waals surface area contributed by atoms with Gasteiger partial charge in [-0.2, -0.15) is 0 Å². The Balaban J connectivity index is 1.83. The van der Waals surface area contributed by atoms with Gasteiger partial charge in [-0.3, -0.25) is 9.88 Å². The molecule has 0 saturated carbocycles. The molecule has 1 aromatic rings. The summed E-state index contributed by atoms with van der Waals surface area (Å²) in [4.78, 5) is 6.48. The molecule has 1 saturated heterocycles. The second kappa shape index (κ2) is 5.24. The van der Waals surface area contributed by atoms with E-state index in [1.807, 2.05) is 12.3 Å². The van der Waals surface area contributed by atoms with Gasteiger partial charge in [0.15, 0.2) is 0 Å². The van der Waals surface area contributed by atoms with E-state index in [0.717, 1.165) is 25.9 Å². The van der Waals surface area contributed by atoms with Crippen LogP contribution in [0, 0.1) is 0 Å². The molecule has 1 fully saturated rings. The molecule has 2 rings (SSSR count). The first-order valence-corrected chi connectivity index (χ1v) is 5.64. The highest BCUT2D eigenvalue weighted by Gasteiger charge is 2.22. The average Bonchev–Trinajstić information content (AvgIpc) is 2.75. The molecular formula is C12H18N2O. The molecule has 3 heteroatoms. The van der Waals surface area contributed by atoms with Gasteiger partial charge in [-0.25, -0.2) is 0 Å². The third kappa shape index (κ3) is 2.76. The van der Waals surface area contributed by atoms with E-state index in [0.29, 0.717) is 12.6 Å². The molecule has 0 spiro atoms. The molecule has 82 valence electrons. The van der Waals surface area contributed by atoms with Crippen LogP contribution in [0.25, 0.3) is 0 Å². The van der Waals surface area contributed by atoms with Crippen molar-refractivity contribution in [2.75, 3.05) is 19.7 Å². The van der Waals surface area contributed by atoms with Crippen molar-refractivity contribution in [2.24, 2.45) is 0 Å². The quantitative estimate of drug-likeness (QED) is 0.801.